The van der Waals surface area contributed by atoms with Gasteiger partial charge in [0.15, 0.2) is 5.78 Å². The number of carbonyl (C=O) groups excluding carboxylic acids is 1. The maximum absolute atomic E-state index is 11.8. The number of ketones is 1. The summed E-state index contributed by atoms with van der Waals surface area (Å²) < 4.78 is 22.5. The minimum atomic E-state index is -0.751. The van der Waals surface area contributed by atoms with Crippen molar-refractivity contribution in [2.75, 3.05) is 0 Å². The molecule has 2 atom stereocenters. The molecule has 128 valence electrons. The largest absolute Gasteiger partial charge is 0 e. The molecule has 0 unspecified atom stereocenters. The molecular weight excluding hydrogens is 352 g/mol. The minimum Gasteiger partial charge on any atom is 0 e. The van der Waals surface area contributed by atoms with E-state index in [0.717, 1.165) is 5.56 Å². The Morgan fingerprint density at radius 1 is 1.04 bits per heavy atom. The molecule has 0 spiro atoms. The van der Waals surface area contributed by atoms with Gasteiger partial charge in [0.25, 0.3) is 0 Å². The van der Waals surface area contributed by atoms with Gasteiger partial charge in [0.05, 0.1) is 6.10 Å². The number of aliphatic hydroxyl groups excluding tert-OH is 1. The number of carbonyl (C=O) groups is 1. The van der Waals surface area contributed by atoms with Gasteiger partial charge in [-0.25, -0.2) is 0 Å². The SMILES string of the molecule is C/C=C/C=C/C(=O)[C@H](C)[C@H](O)c1ccccc1.[C-]#[O+].[C-]#[O+].[C-]#[O+].[Fe]. The molecule has 1 aromatic carbocycles. The Bertz CT molecular complexity index is 515. The van der Waals surface area contributed by atoms with Gasteiger partial charge in [-0.15, -0.1) is 0 Å². The zero-order valence-electron chi connectivity index (χ0n) is 13.3. The van der Waals surface area contributed by atoms with Gasteiger partial charge in [-0.1, -0.05) is 55.5 Å². The van der Waals surface area contributed by atoms with Gasteiger partial charge in [0.1, 0.15) is 0 Å². The molecule has 6 heteroatoms. The first-order chi connectivity index (χ1) is 11.2. The molecule has 0 aliphatic heterocycles. The number of hydrogen-bond donors (Lipinski definition) is 1. The first-order valence-corrected chi connectivity index (χ1v) is 6.34. The Hall–Kier alpha value is -1.93. The molecule has 0 heterocycles. The van der Waals surface area contributed by atoms with Crippen molar-refractivity contribution in [3.05, 3.63) is 80.2 Å². The van der Waals surface area contributed by atoms with Gasteiger partial charge in [0.2, 0.25) is 0 Å². The van der Waals surface area contributed by atoms with Crippen molar-refractivity contribution in [2.45, 2.75) is 20.0 Å². The average molecular weight is 370 g/mol. The third-order valence-electron chi connectivity index (χ3n) is 2.63. The number of hydrogen-bond acceptors (Lipinski definition) is 2. The fraction of sp³-hybridized carbons (Fsp3) is 0.222. The number of allylic oxidation sites excluding steroid dienone is 4. The topological polar surface area (TPSA) is 97.0 Å². The van der Waals surface area contributed by atoms with Crippen LogP contribution in [0.2, 0.25) is 0 Å². The van der Waals surface area contributed by atoms with Gasteiger partial charge in [-0.3, -0.25) is 4.79 Å². The molecule has 0 saturated carbocycles. The second kappa shape index (κ2) is 23.3. The predicted octanol–water partition coefficient (Wildman–Crippen LogP) is 2.94. The average Bonchev–Trinajstić information content (AvgIpc) is 2.66. The zero-order valence-corrected chi connectivity index (χ0v) is 14.4. The molecule has 0 saturated heterocycles. The van der Waals surface area contributed by atoms with E-state index >= 15 is 0 Å². The maximum atomic E-state index is 11.8. The van der Waals surface area contributed by atoms with Crippen LogP contribution in [0.5, 0.6) is 0 Å². The molecule has 24 heavy (non-hydrogen) atoms. The van der Waals surface area contributed by atoms with E-state index in [4.69, 9.17) is 14.0 Å². The fourth-order valence-corrected chi connectivity index (χ4v) is 1.51. The molecule has 1 aromatic rings. The normalized spacial score (nSPS) is 11.0. The fourth-order valence-electron chi connectivity index (χ4n) is 1.51. The van der Waals surface area contributed by atoms with Gasteiger partial charge in [0, 0.05) is 23.0 Å². The summed E-state index contributed by atoms with van der Waals surface area (Å²) in [7, 11) is 0. The van der Waals surface area contributed by atoms with Gasteiger partial charge >= 0.3 is 33.9 Å². The monoisotopic (exact) mass is 370 g/mol. The summed E-state index contributed by atoms with van der Waals surface area (Å²) >= 11 is 0. The Balaban J connectivity index is -0.000000256. The molecule has 0 aliphatic carbocycles. The molecule has 1 rings (SSSR count). The second-order valence-corrected chi connectivity index (χ2v) is 3.93. The maximum Gasteiger partial charge on any atom is 0 e. The van der Waals surface area contributed by atoms with Crippen LogP contribution in [0.1, 0.15) is 25.5 Å². The van der Waals surface area contributed by atoms with Crippen LogP contribution in [-0.2, 0) is 35.8 Å². The quantitative estimate of drug-likeness (QED) is 0.284. The Morgan fingerprint density at radius 3 is 1.92 bits per heavy atom. The van der Waals surface area contributed by atoms with Crippen molar-refractivity contribution in [3.8, 4) is 0 Å². The van der Waals surface area contributed by atoms with Crippen molar-refractivity contribution in [2.24, 2.45) is 5.92 Å². The summed E-state index contributed by atoms with van der Waals surface area (Å²) in [6.45, 7) is 17.1. The van der Waals surface area contributed by atoms with Crippen molar-refractivity contribution in [1.29, 1.82) is 0 Å². The first kappa shape index (κ1) is 30.0. The smallest absolute Gasteiger partial charge is 0 e. The van der Waals surface area contributed by atoms with Crippen LogP contribution in [0.3, 0.4) is 0 Å². The van der Waals surface area contributed by atoms with E-state index in [1.807, 2.05) is 43.3 Å². The van der Waals surface area contributed by atoms with E-state index in [1.165, 1.54) is 6.08 Å². The molecule has 5 nitrogen and oxygen atoms in total. The van der Waals surface area contributed by atoms with Crippen LogP contribution in [0, 0.1) is 25.9 Å². The standard InChI is InChI=1S/C15H18O2.3CO.Fe/c1-3-4-6-11-14(16)12(2)15(17)13-9-7-5-8-10-13;3*1-2;/h3-12,15,17H,1-2H3;;;;/b4-3+,11-6+;;;;/t12-,15-;;;;/m0..../s1. The van der Waals surface area contributed by atoms with E-state index in [0.29, 0.717) is 0 Å². The zero-order chi connectivity index (χ0) is 18.7. The van der Waals surface area contributed by atoms with Gasteiger partial charge < -0.3 is 5.11 Å². The number of rotatable bonds is 5. The Morgan fingerprint density at radius 2 is 1.50 bits per heavy atom. The van der Waals surface area contributed by atoms with Crippen LogP contribution >= 0.6 is 0 Å². The Labute approximate surface area is 153 Å². The van der Waals surface area contributed by atoms with Crippen LogP contribution in [0.15, 0.2) is 54.6 Å². The van der Waals surface area contributed by atoms with Crippen LogP contribution < -0.4 is 0 Å². The third-order valence-corrected chi connectivity index (χ3v) is 2.63. The van der Waals surface area contributed by atoms with E-state index < -0.39 is 12.0 Å². The van der Waals surface area contributed by atoms with Crippen LogP contribution in [0.4, 0.5) is 0 Å². The van der Waals surface area contributed by atoms with Crippen LogP contribution in [-0.4, -0.2) is 10.9 Å². The van der Waals surface area contributed by atoms with E-state index in [1.54, 1.807) is 19.1 Å². The molecule has 0 radical (unpaired) electrons. The predicted molar refractivity (Wildman–Crippen MR) is 81.3 cm³/mol. The molecular formula is C18H18FeO5. The van der Waals surface area contributed by atoms with E-state index in [-0.39, 0.29) is 22.9 Å². The van der Waals surface area contributed by atoms with E-state index in [9.17, 15) is 9.90 Å². The minimum absolute atomic E-state index is 0. The van der Waals surface area contributed by atoms with Crippen molar-refractivity contribution in [3.63, 3.8) is 0 Å². The summed E-state index contributed by atoms with van der Waals surface area (Å²) in [6, 6.07) is 9.24. The summed E-state index contributed by atoms with van der Waals surface area (Å²) in [5.74, 6) is -0.502. The molecule has 0 bridgehead atoms. The van der Waals surface area contributed by atoms with Gasteiger partial charge in [-0.2, -0.15) is 0 Å². The number of aliphatic hydroxyl groups is 1. The Kier molecular flexibility index (Phi) is 29.2. The van der Waals surface area contributed by atoms with Crippen LogP contribution in [0.25, 0.3) is 0 Å². The molecule has 0 aliphatic rings. The molecule has 0 fully saturated rings. The molecule has 0 amide bonds. The summed E-state index contributed by atoms with van der Waals surface area (Å²) in [5.41, 5.74) is 0.771. The second-order valence-electron chi connectivity index (χ2n) is 3.93. The molecule has 1 N–H and O–H groups in total. The summed E-state index contributed by atoms with van der Waals surface area (Å²) in [6.07, 6.45) is 6.08. The van der Waals surface area contributed by atoms with E-state index in [2.05, 4.69) is 20.0 Å². The van der Waals surface area contributed by atoms with Gasteiger partial charge in [-0.05, 0) is 18.6 Å². The summed E-state index contributed by atoms with van der Waals surface area (Å²) in [5, 5.41) is 10.0. The van der Waals surface area contributed by atoms with Crippen molar-refractivity contribution >= 4 is 5.78 Å². The summed E-state index contributed by atoms with van der Waals surface area (Å²) in [4.78, 5) is 11.8. The third kappa shape index (κ3) is 13.7. The number of benzene rings is 1. The van der Waals surface area contributed by atoms with Crippen molar-refractivity contribution < 1.29 is 40.9 Å². The molecule has 0 aromatic heterocycles. The van der Waals surface area contributed by atoms with Crippen molar-refractivity contribution in [1.82, 2.24) is 0 Å². The first-order valence-electron chi connectivity index (χ1n) is 6.34.